The maximum Gasteiger partial charge on any atom is 0.311 e. The number of aryl methyl sites for hydroxylation is 1. The van der Waals surface area contributed by atoms with Crippen molar-refractivity contribution in [3.63, 3.8) is 0 Å². The Morgan fingerprint density at radius 3 is 2.58 bits per heavy atom. The van der Waals surface area contributed by atoms with E-state index in [1.54, 1.807) is 13.1 Å². The number of hydrogen-bond acceptors (Lipinski definition) is 8. The summed E-state index contributed by atoms with van der Waals surface area (Å²) in [6.07, 6.45) is 4.27. The molecule has 1 aliphatic rings. The van der Waals surface area contributed by atoms with E-state index in [2.05, 4.69) is 10.2 Å². The smallest absolute Gasteiger partial charge is 0.311 e. The van der Waals surface area contributed by atoms with Crippen molar-refractivity contribution in [1.82, 2.24) is 28.8 Å². The molecule has 1 fully saturated rings. The lowest BCUT2D eigenvalue weighted by molar-refractivity contribution is -0.386. The molecule has 1 aliphatic heterocycles. The number of nitro benzene ring substituents is 1. The number of benzene rings is 1. The maximum atomic E-state index is 12.8. The molecule has 1 amide bonds. The number of para-hydroxylation sites is 2. The minimum atomic E-state index is -3.67. The van der Waals surface area contributed by atoms with Crippen LogP contribution in [0.5, 0.6) is 5.75 Å². The Hall–Kier alpha value is -3.78. The van der Waals surface area contributed by atoms with Gasteiger partial charge in [-0.2, -0.15) is 14.5 Å². The van der Waals surface area contributed by atoms with Crippen LogP contribution in [0.3, 0.4) is 0 Å². The van der Waals surface area contributed by atoms with Gasteiger partial charge in [-0.25, -0.2) is 13.1 Å². The third kappa shape index (κ3) is 4.70. The number of hydrogen-bond donors (Lipinski definition) is 0. The normalized spacial score (nSPS) is 14.9. The Kier molecular flexibility index (Phi) is 6.11. The van der Waals surface area contributed by atoms with E-state index in [0.717, 1.165) is 0 Å². The minimum absolute atomic E-state index is 0.0943. The Morgan fingerprint density at radius 1 is 1.18 bits per heavy atom. The van der Waals surface area contributed by atoms with Crippen molar-refractivity contribution in [1.29, 1.82) is 0 Å². The number of nitro groups is 1. The van der Waals surface area contributed by atoms with Gasteiger partial charge in [0.2, 0.25) is 10.0 Å². The van der Waals surface area contributed by atoms with E-state index >= 15 is 0 Å². The molecule has 0 saturated carbocycles. The topological polar surface area (TPSA) is 146 Å². The zero-order valence-corrected chi connectivity index (χ0v) is 18.5. The predicted octanol–water partition coefficient (Wildman–Crippen LogP) is 0.708. The van der Waals surface area contributed by atoms with Gasteiger partial charge >= 0.3 is 5.69 Å². The molecule has 0 spiro atoms. The molecule has 1 aromatic carbocycles. The van der Waals surface area contributed by atoms with Crippen molar-refractivity contribution < 1.29 is 22.9 Å². The third-order valence-electron chi connectivity index (χ3n) is 5.12. The molecule has 0 N–H and O–H groups in total. The number of sulfonamides is 1. The molecule has 2 aromatic heterocycles. The molecule has 33 heavy (non-hydrogen) atoms. The van der Waals surface area contributed by atoms with Crippen molar-refractivity contribution in [3.05, 3.63) is 64.7 Å². The van der Waals surface area contributed by atoms with Crippen molar-refractivity contribution in [3.8, 4) is 5.75 Å². The second kappa shape index (κ2) is 8.99. The number of rotatable bonds is 7. The first-order valence-corrected chi connectivity index (χ1v) is 11.4. The minimum Gasteiger partial charge on any atom is -0.464 e. The van der Waals surface area contributed by atoms with Crippen molar-refractivity contribution in [2.45, 2.75) is 11.6 Å². The second-order valence-corrected chi connectivity index (χ2v) is 9.22. The summed E-state index contributed by atoms with van der Waals surface area (Å²) in [5, 5.41) is 19.2. The lowest BCUT2D eigenvalue weighted by atomic mass is 10.3. The Balaban J connectivity index is 1.35. The van der Waals surface area contributed by atoms with E-state index in [-0.39, 0.29) is 60.8 Å². The summed E-state index contributed by atoms with van der Waals surface area (Å²) >= 11 is 0. The number of carbonyl (C=O) groups is 1. The zero-order chi connectivity index (χ0) is 23.6. The lowest BCUT2D eigenvalue weighted by Crippen LogP contribution is -2.50. The number of aromatic nitrogens is 4. The van der Waals surface area contributed by atoms with Gasteiger partial charge < -0.3 is 9.64 Å². The fourth-order valence-corrected chi connectivity index (χ4v) is 4.80. The van der Waals surface area contributed by atoms with Crippen molar-refractivity contribution in [2.75, 3.05) is 26.2 Å². The van der Waals surface area contributed by atoms with Crippen LogP contribution in [0.1, 0.15) is 10.5 Å². The highest BCUT2D eigenvalue weighted by Gasteiger charge is 2.31. The molecule has 0 unspecified atom stereocenters. The van der Waals surface area contributed by atoms with Gasteiger partial charge in [0.05, 0.1) is 11.1 Å². The largest absolute Gasteiger partial charge is 0.464 e. The first kappa shape index (κ1) is 22.4. The number of piperazine rings is 1. The summed E-state index contributed by atoms with van der Waals surface area (Å²) in [6.45, 7) is 0.639. The van der Waals surface area contributed by atoms with Gasteiger partial charge in [0.1, 0.15) is 4.90 Å². The van der Waals surface area contributed by atoms with E-state index in [4.69, 9.17) is 4.74 Å². The number of nitrogens with zero attached hydrogens (tertiary/aromatic N) is 7. The van der Waals surface area contributed by atoms with Gasteiger partial charge in [0.25, 0.3) is 5.91 Å². The van der Waals surface area contributed by atoms with Crippen LogP contribution in [0.15, 0.2) is 53.8 Å². The predicted molar refractivity (Wildman–Crippen MR) is 114 cm³/mol. The molecular formula is C19H21N7O6S. The number of carbonyl (C=O) groups excluding carboxylic acids is 1. The Labute approximate surface area is 189 Å². The van der Waals surface area contributed by atoms with Crippen LogP contribution in [-0.2, 0) is 23.8 Å². The molecule has 174 valence electrons. The summed E-state index contributed by atoms with van der Waals surface area (Å²) in [5.74, 6) is -0.241. The van der Waals surface area contributed by atoms with Crippen LogP contribution < -0.4 is 4.74 Å². The first-order valence-electron chi connectivity index (χ1n) is 9.93. The SMILES string of the molecule is Cn1cc(S(=O)(=O)N2CCN(C(=O)c3ccn(COc4ccccc4[N+](=O)[O-])n3)CC2)cn1. The summed E-state index contributed by atoms with van der Waals surface area (Å²) < 4.78 is 35.0. The van der Waals surface area contributed by atoms with E-state index in [1.807, 2.05) is 0 Å². The number of ether oxygens (including phenoxy) is 1. The maximum absolute atomic E-state index is 12.8. The van der Waals surface area contributed by atoms with Crippen molar-refractivity contribution >= 4 is 21.6 Å². The highest BCUT2D eigenvalue weighted by molar-refractivity contribution is 7.89. The monoisotopic (exact) mass is 475 g/mol. The van der Waals surface area contributed by atoms with E-state index < -0.39 is 14.9 Å². The molecule has 0 atom stereocenters. The van der Waals surface area contributed by atoms with Crippen LogP contribution in [0, 0.1) is 10.1 Å². The zero-order valence-electron chi connectivity index (χ0n) is 17.6. The van der Waals surface area contributed by atoms with Gasteiger partial charge in [-0.05, 0) is 12.1 Å². The van der Waals surface area contributed by atoms with E-state index in [9.17, 15) is 23.3 Å². The first-order chi connectivity index (χ1) is 15.8. The average Bonchev–Trinajstić information content (AvgIpc) is 3.47. The van der Waals surface area contributed by atoms with E-state index in [0.29, 0.717) is 0 Å². The molecule has 14 heteroatoms. The van der Waals surface area contributed by atoms with Gasteiger partial charge in [0.15, 0.2) is 18.2 Å². The fourth-order valence-electron chi connectivity index (χ4n) is 3.39. The fraction of sp³-hybridized carbons (Fsp3) is 0.316. The summed E-state index contributed by atoms with van der Waals surface area (Å²) in [4.78, 5) is 25.0. The summed E-state index contributed by atoms with van der Waals surface area (Å²) in [5.41, 5.74) is 0.00444. The molecule has 3 heterocycles. The molecule has 0 bridgehead atoms. The highest BCUT2D eigenvalue weighted by Crippen LogP contribution is 2.26. The second-order valence-electron chi connectivity index (χ2n) is 7.28. The third-order valence-corrected chi connectivity index (χ3v) is 6.97. The molecular weight excluding hydrogens is 454 g/mol. The van der Waals surface area contributed by atoms with Gasteiger partial charge in [0, 0.05) is 51.7 Å². The molecule has 0 radical (unpaired) electrons. The van der Waals surface area contributed by atoms with Crippen LogP contribution >= 0.6 is 0 Å². The standard InChI is InChI=1S/C19H21N7O6S/c1-22-13-15(12-20-22)33(30,31)25-10-8-23(9-11-25)19(27)16-6-7-24(21-16)14-32-18-5-3-2-4-17(18)26(28)29/h2-7,12-13H,8-11,14H2,1H3. The quantitative estimate of drug-likeness (QED) is 0.359. The van der Waals surface area contributed by atoms with Gasteiger partial charge in [-0.3, -0.25) is 19.6 Å². The van der Waals surface area contributed by atoms with Crippen LogP contribution in [-0.4, -0.2) is 74.2 Å². The Bertz CT molecular complexity index is 1280. The molecule has 13 nitrogen and oxygen atoms in total. The summed E-state index contributed by atoms with van der Waals surface area (Å²) in [7, 11) is -2.03. The van der Waals surface area contributed by atoms with Crippen LogP contribution in [0.25, 0.3) is 0 Å². The molecule has 3 aromatic rings. The van der Waals surface area contributed by atoms with Gasteiger partial charge in [-0.1, -0.05) is 12.1 Å². The van der Waals surface area contributed by atoms with E-state index in [1.165, 1.54) is 61.4 Å². The molecule has 0 aliphatic carbocycles. The van der Waals surface area contributed by atoms with Crippen LogP contribution in [0.4, 0.5) is 5.69 Å². The molecule has 4 rings (SSSR count). The average molecular weight is 475 g/mol. The lowest BCUT2D eigenvalue weighted by Gasteiger charge is -2.33. The van der Waals surface area contributed by atoms with Crippen molar-refractivity contribution in [2.24, 2.45) is 7.05 Å². The number of amides is 1. The molecule has 1 saturated heterocycles. The highest BCUT2D eigenvalue weighted by atomic mass is 32.2. The van der Waals surface area contributed by atoms with Gasteiger partial charge in [-0.15, -0.1) is 0 Å². The summed E-state index contributed by atoms with van der Waals surface area (Å²) in [6, 6.07) is 7.49. The Morgan fingerprint density at radius 2 is 1.91 bits per heavy atom. The van der Waals surface area contributed by atoms with Crippen LogP contribution in [0.2, 0.25) is 0 Å².